The van der Waals surface area contributed by atoms with Gasteiger partial charge in [-0.3, -0.25) is 4.57 Å². The van der Waals surface area contributed by atoms with Crippen molar-refractivity contribution in [3.63, 3.8) is 0 Å². The van der Waals surface area contributed by atoms with E-state index in [0.717, 1.165) is 46.9 Å². The molecule has 0 atom stereocenters. The van der Waals surface area contributed by atoms with E-state index in [-0.39, 0.29) is 0 Å². The highest BCUT2D eigenvalue weighted by Crippen LogP contribution is 2.41. The van der Waals surface area contributed by atoms with Gasteiger partial charge in [0, 0.05) is 40.9 Å². The van der Waals surface area contributed by atoms with E-state index >= 15 is 0 Å². The molecular weight excluding hydrogens is 637 g/mol. The number of rotatable bonds is 11. The predicted octanol–water partition coefficient (Wildman–Crippen LogP) is 12.8. The minimum absolute atomic E-state index is 0.440. The molecule has 0 aliphatic carbocycles. The minimum Gasteiger partial charge on any atom is -0.457 e. The van der Waals surface area contributed by atoms with Crippen LogP contribution in [-0.2, 0) is 12.8 Å². The Hall–Kier alpha value is -5.16. The van der Waals surface area contributed by atoms with Crippen molar-refractivity contribution in [3.8, 4) is 34.1 Å². The fraction of sp³-hybridized carbons (Fsp3) is 0.319. The van der Waals surface area contributed by atoms with E-state index in [0.29, 0.717) is 23.7 Å². The summed E-state index contributed by atoms with van der Waals surface area (Å²) in [7, 11) is 0. The molecule has 0 N–H and O–H groups in total. The highest BCUT2D eigenvalue weighted by molar-refractivity contribution is 6.09. The molecule has 0 saturated carbocycles. The number of hydrogen-bond acceptors (Lipinski definition) is 3. The number of hydrogen-bond donors (Lipinski definition) is 0. The fourth-order valence-electron chi connectivity index (χ4n) is 7.77. The van der Waals surface area contributed by atoms with Crippen molar-refractivity contribution in [1.29, 1.82) is 0 Å². The Balaban J connectivity index is 1.28. The second-order valence-electron chi connectivity index (χ2n) is 15.9. The molecule has 0 amide bonds. The zero-order chi connectivity index (χ0) is 36.7. The van der Waals surface area contributed by atoms with Crippen LogP contribution in [0.2, 0.25) is 0 Å². The van der Waals surface area contributed by atoms with Crippen molar-refractivity contribution in [2.75, 3.05) is 0 Å². The number of pyridine rings is 1. The molecule has 4 aromatic carbocycles. The van der Waals surface area contributed by atoms with Gasteiger partial charge in [-0.2, -0.15) is 5.10 Å². The molecule has 0 aliphatic heterocycles. The maximum absolute atomic E-state index is 6.59. The third-order valence-electron chi connectivity index (χ3n) is 10.0. The summed E-state index contributed by atoms with van der Waals surface area (Å²) in [6.45, 7) is 20.8. The highest BCUT2D eigenvalue weighted by Gasteiger charge is 2.24. The summed E-state index contributed by atoms with van der Waals surface area (Å²) in [5, 5.41) is 7.33. The number of benzene rings is 4. The molecule has 3 heterocycles. The molecule has 7 aromatic rings. The molecule has 0 bridgehead atoms. The van der Waals surface area contributed by atoms with Crippen LogP contribution >= 0.6 is 0 Å². The lowest BCUT2D eigenvalue weighted by molar-refractivity contribution is 0.483. The number of nitrogens with zero attached hydrogens (tertiary/aromatic N) is 4. The molecule has 0 unspecified atom stereocenters. The van der Waals surface area contributed by atoms with Crippen LogP contribution in [0.1, 0.15) is 95.0 Å². The first-order valence-electron chi connectivity index (χ1n) is 19.0. The molecule has 5 nitrogen and oxygen atoms in total. The smallest absolute Gasteiger partial charge is 0.137 e. The van der Waals surface area contributed by atoms with Crippen molar-refractivity contribution < 1.29 is 4.74 Å². The van der Waals surface area contributed by atoms with Crippen LogP contribution < -0.4 is 4.74 Å². The number of ether oxygens (including phenoxy) is 1. The van der Waals surface area contributed by atoms with Crippen molar-refractivity contribution in [2.45, 2.75) is 87.0 Å². The van der Waals surface area contributed by atoms with Crippen LogP contribution in [0.25, 0.3) is 44.4 Å². The van der Waals surface area contributed by atoms with Gasteiger partial charge in [0.2, 0.25) is 0 Å². The topological polar surface area (TPSA) is 44.9 Å². The zero-order valence-electron chi connectivity index (χ0n) is 32.2. The Morgan fingerprint density at radius 1 is 0.654 bits per heavy atom. The Morgan fingerprint density at radius 2 is 1.33 bits per heavy atom. The van der Waals surface area contributed by atoms with Gasteiger partial charge >= 0.3 is 0 Å². The molecular formula is C47H52N4O. The molecule has 266 valence electrons. The van der Waals surface area contributed by atoms with E-state index in [9.17, 15) is 0 Å². The Kier molecular flexibility index (Phi) is 9.80. The van der Waals surface area contributed by atoms with Crippen LogP contribution in [0.5, 0.6) is 11.5 Å². The van der Waals surface area contributed by atoms with Gasteiger partial charge in [0.25, 0.3) is 0 Å². The van der Waals surface area contributed by atoms with Crippen LogP contribution in [0.15, 0.2) is 104 Å². The summed E-state index contributed by atoms with van der Waals surface area (Å²) in [5.74, 6) is 4.40. The summed E-state index contributed by atoms with van der Waals surface area (Å²) in [6.07, 6.45) is 8.25. The summed E-state index contributed by atoms with van der Waals surface area (Å²) in [5.41, 5.74) is 12.8. The minimum atomic E-state index is 0.440. The summed E-state index contributed by atoms with van der Waals surface area (Å²) in [6, 6.07) is 29.7. The van der Waals surface area contributed by atoms with Crippen LogP contribution in [-0.4, -0.2) is 19.3 Å². The number of aryl methyl sites for hydroxylation is 1. The first-order chi connectivity index (χ1) is 25.0. The van der Waals surface area contributed by atoms with Gasteiger partial charge < -0.3 is 4.74 Å². The average Bonchev–Trinajstić information content (AvgIpc) is 3.71. The average molecular weight is 689 g/mol. The molecule has 0 spiro atoms. The van der Waals surface area contributed by atoms with Gasteiger partial charge in [-0.25, -0.2) is 9.67 Å². The fourth-order valence-corrected chi connectivity index (χ4v) is 7.77. The van der Waals surface area contributed by atoms with Gasteiger partial charge in [-0.15, -0.1) is 0 Å². The molecule has 7 rings (SSSR count). The van der Waals surface area contributed by atoms with Crippen LogP contribution in [0, 0.1) is 18.8 Å². The van der Waals surface area contributed by atoms with Gasteiger partial charge in [0.1, 0.15) is 17.3 Å². The summed E-state index contributed by atoms with van der Waals surface area (Å²) in [4.78, 5) is 4.74. The summed E-state index contributed by atoms with van der Waals surface area (Å²) < 4.78 is 10.8. The quantitative estimate of drug-likeness (QED) is 0.136. The second-order valence-corrected chi connectivity index (χ2v) is 15.9. The standard InChI is InChI=1S/C47H52N4O/c1-29(2)21-42-40(31(5)6)26-41(32(7)8)43(22-30(3)4)47(42)34-27-49-50(28-34)35-13-12-14-36(24-35)52-37-17-18-39-38-15-10-11-16-44(38)51(45(39)25-37)46-23-33(9)19-20-48-46/h10-20,23-32H,21-22H2,1-9H3. The first-order valence-corrected chi connectivity index (χ1v) is 19.0. The lowest BCUT2D eigenvalue weighted by atomic mass is 9.77. The SMILES string of the molecule is Cc1ccnc(-n2c3ccccc3c3ccc(Oc4cccc(-n5cc(-c6c(CC(C)C)c(C(C)C)cc(C(C)C)c6CC(C)C)cn5)c4)cc32)c1. The lowest BCUT2D eigenvalue weighted by Crippen LogP contribution is -2.12. The monoisotopic (exact) mass is 688 g/mol. The van der Waals surface area contributed by atoms with Crippen LogP contribution in [0.3, 0.4) is 0 Å². The predicted molar refractivity (Wildman–Crippen MR) is 218 cm³/mol. The zero-order valence-corrected chi connectivity index (χ0v) is 32.2. The molecule has 0 aliphatic rings. The number of para-hydroxylation sites is 1. The lowest BCUT2D eigenvalue weighted by Gasteiger charge is -2.27. The van der Waals surface area contributed by atoms with Gasteiger partial charge in [0.15, 0.2) is 0 Å². The summed E-state index contributed by atoms with van der Waals surface area (Å²) >= 11 is 0. The second kappa shape index (κ2) is 14.5. The Labute approximate surface area is 309 Å². The van der Waals surface area contributed by atoms with Gasteiger partial charge in [0.05, 0.1) is 22.9 Å². The van der Waals surface area contributed by atoms with Gasteiger partial charge in [-0.1, -0.05) is 85.7 Å². The van der Waals surface area contributed by atoms with Crippen molar-refractivity contribution in [2.24, 2.45) is 11.8 Å². The molecule has 0 saturated heterocycles. The third-order valence-corrected chi connectivity index (χ3v) is 10.0. The molecule has 0 radical (unpaired) electrons. The first kappa shape index (κ1) is 35.3. The number of fused-ring (bicyclic) bond motifs is 3. The van der Waals surface area contributed by atoms with Crippen molar-refractivity contribution in [3.05, 3.63) is 131 Å². The Morgan fingerprint density at radius 3 is 2.00 bits per heavy atom. The van der Waals surface area contributed by atoms with Crippen molar-refractivity contribution in [1.82, 2.24) is 19.3 Å². The Bertz CT molecular complexity index is 2330. The van der Waals surface area contributed by atoms with E-state index in [1.54, 1.807) is 0 Å². The normalized spacial score (nSPS) is 12.0. The number of aromatic nitrogens is 4. The molecule has 5 heteroatoms. The third kappa shape index (κ3) is 6.89. The van der Waals surface area contributed by atoms with E-state index in [4.69, 9.17) is 14.8 Å². The molecule has 3 aromatic heterocycles. The van der Waals surface area contributed by atoms with E-state index < -0.39 is 0 Å². The largest absolute Gasteiger partial charge is 0.457 e. The molecule has 52 heavy (non-hydrogen) atoms. The maximum Gasteiger partial charge on any atom is 0.137 e. The maximum atomic E-state index is 6.59. The highest BCUT2D eigenvalue weighted by atomic mass is 16.5. The van der Waals surface area contributed by atoms with E-state index in [2.05, 4.69) is 146 Å². The van der Waals surface area contributed by atoms with Gasteiger partial charge in [-0.05, 0) is 119 Å². The van der Waals surface area contributed by atoms with E-state index in [1.807, 2.05) is 29.1 Å². The van der Waals surface area contributed by atoms with E-state index in [1.165, 1.54) is 49.7 Å². The van der Waals surface area contributed by atoms with Crippen LogP contribution in [0.4, 0.5) is 0 Å². The van der Waals surface area contributed by atoms with Crippen molar-refractivity contribution >= 4 is 21.8 Å². The molecule has 0 fully saturated rings.